The van der Waals surface area contributed by atoms with Crippen molar-refractivity contribution in [2.75, 3.05) is 6.54 Å². The minimum atomic E-state index is -0.237. The van der Waals surface area contributed by atoms with Gasteiger partial charge in [-0.05, 0) is 51.2 Å². The summed E-state index contributed by atoms with van der Waals surface area (Å²) in [4.78, 5) is 0. The molecule has 0 heterocycles. The zero-order valence-electron chi connectivity index (χ0n) is 12.9. The van der Waals surface area contributed by atoms with Gasteiger partial charge in [-0.25, -0.2) is 4.39 Å². The van der Waals surface area contributed by atoms with Crippen LogP contribution in [-0.2, 0) is 5.41 Å². The second kappa shape index (κ2) is 5.65. The quantitative estimate of drug-likeness (QED) is 0.831. The fraction of sp³-hybridized carbons (Fsp3) is 0.647. The largest absolute Gasteiger partial charge is 0.311 e. The predicted molar refractivity (Wildman–Crippen MR) is 83.9 cm³/mol. The van der Waals surface area contributed by atoms with Crippen molar-refractivity contribution in [2.45, 2.75) is 57.9 Å². The molecular weight excluding hydrogens is 273 g/mol. The molecule has 0 aromatic heterocycles. The molecule has 1 aliphatic rings. The molecule has 0 atom stereocenters. The van der Waals surface area contributed by atoms with Crippen LogP contribution in [-0.4, -0.2) is 12.1 Å². The van der Waals surface area contributed by atoms with Crippen molar-refractivity contribution in [3.63, 3.8) is 0 Å². The van der Waals surface area contributed by atoms with E-state index in [4.69, 9.17) is 11.6 Å². The average Bonchev–Trinajstić information content (AvgIpc) is 2.31. The maximum atomic E-state index is 14.4. The van der Waals surface area contributed by atoms with Gasteiger partial charge in [-0.15, -0.1) is 0 Å². The van der Waals surface area contributed by atoms with E-state index in [2.05, 4.69) is 33.0 Å². The van der Waals surface area contributed by atoms with Crippen LogP contribution in [0.2, 0.25) is 5.02 Å². The fourth-order valence-corrected chi connectivity index (χ4v) is 3.32. The van der Waals surface area contributed by atoms with Crippen molar-refractivity contribution >= 4 is 11.6 Å². The van der Waals surface area contributed by atoms with Crippen LogP contribution in [0.25, 0.3) is 0 Å². The Morgan fingerprint density at radius 2 is 2.00 bits per heavy atom. The van der Waals surface area contributed by atoms with Gasteiger partial charge in [0.05, 0.1) is 5.02 Å². The molecular formula is C17H25ClFN. The van der Waals surface area contributed by atoms with Crippen LogP contribution in [0.1, 0.15) is 52.5 Å². The number of benzene rings is 1. The van der Waals surface area contributed by atoms with Crippen molar-refractivity contribution in [3.8, 4) is 0 Å². The van der Waals surface area contributed by atoms with Crippen LogP contribution < -0.4 is 5.32 Å². The highest BCUT2D eigenvalue weighted by atomic mass is 35.5. The predicted octanol–water partition coefficient (Wildman–Crippen LogP) is 4.93. The highest BCUT2D eigenvalue weighted by molar-refractivity contribution is 6.30. The zero-order chi connectivity index (χ0) is 15.0. The Hall–Kier alpha value is -0.600. The van der Waals surface area contributed by atoms with Gasteiger partial charge in [-0.1, -0.05) is 37.1 Å². The van der Waals surface area contributed by atoms with Gasteiger partial charge in [-0.3, -0.25) is 0 Å². The molecule has 0 amide bonds. The molecule has 3 heteroatoms. The lowest BCUT2D eigenvalue weighted by Crippen LogP contribution is -2.52. The molecule has 0 bridgehead atoms. The average molecular weight is 298 g/mol. The van der Waals surface area contributed by atoms with Gasteiger partial charge >= 0.3 is 0 Å². The molecule has 0 spiro atoms. The number of rotatable bonds is 4. The number of halogens is 2. The first-order valence-corrected chi connectivity index (χ1v) is 7.85. The lowest BCUT2D eigenvalue weighted by Gasteiger charge is -2.49. The summed E-state index contributed by atoms with van der Waals surface area (Å²) >= 11 is 5.97. The lowest BCUT2D eigenvalue weighted by atomic mass is 9.57. The maximum Gasteiger partial charge on any atom is 0.145 e. The third-order valence-corrected chi connectivity index (χ3v) is 4.71. The number of hydrogen-bond acceptors (Lipinski definition) is 1. The summed E-state index contributed by atoms with van der Waals surface area (Å²) in [5.41, 5.74) is 0.730. The highest BCUT2D eigenvalue weighted by Crippen LogP contribution is 2.50. The molecule has 0 unspecified atom stereocenters. The first kappa shape index (κ1) is 15.8. The second-order valence-corrected chi connectivity index (χ2v) is 7.57. The molecule has 1 aromatic carbocycles. The third-order valence-electron chi connectivity index (χ3n) is 4.42. The van der Waals surface area contributed by atoms with Crippen LogP contribution in [0.15, 0.2) is 18.2 Å². The van der Waals surface area contributed by atoms with Crippen LogP contribution >= 0.6 is 11.6 Å². The van der Waals surface area contributed by atoms with E-state index >= 15 is 0 Å². The Balaban J connectivity index is 2.26. The fourth-order valence-electron chi connectivity index (χ4n) is 3.14. The standard InChI is InChI=1S/C17H25ClFN/c1-5-12-9-17(10-12,11-20-16(2,3)4)13-7-6-8-14(18)15(13)19/h6-8,12,20H,5,9-11H2,1-4H3. The first-order chi connectivity index (χ1) is 9.27. The topological polar surface area (TPSA) is 12.0 Å². The molecule has 0 saturated heterocycles. The number of nitrogens with one attached hydrogen (secondary N) is 1. The molecule has 2 rings (SSSR count). The Labute approximate surface area is 126 Å². The summed E-state index contributed by atoms with van der Waals surface area (Å²) in [6.07, 6.45) is 3.26. The molecule has 1 aromatic rings. The SMILES string of the molecule is CCC1CC(CNC(C)(C)C)(c2cccc(Cl)c2F)C1. The van der Waals surface area contributed by atoms with E-state index in [9.17, 15) is 4.39 Å². The van der Waals surface area contributed by atoms with Crippen LogP contribution in [0.4, 0.5) is 4.39 Å². The molecule has 0 radical (unpaired) electrons. The van der Waals surface area contributed by atoms with Gasteiger partial charge < -0.3 is 5.32 Å². The lowest BCUT2D eigenvalue weighted by molar-refractivity contribution is 0.121. The van der Waals surface area contributed by atoms with E-state index in [0.29, 0.717) is 5.92 Å². The normalized spacial score (nSPS) is 26.4. The molecule has 1 saturated carbocycles. The first-order valence-electron chi connectivity index (χ1n) is 7.47. The zero-order valence-corrected chi connectivity index (χ0v) is 13.6. The molecule has 1 fully saturated rings. The van der Waals surface area contributed by atoms with Crippen LogP contribution in [0.5, 0.6) is 0 Å². The van der Waals surface area contributed by atoms with Gasteiger partial charge in [-0.2, -0.15) is 0 Å². The summed E-state index contributed by atoms with van der Waals surface area (Å²) in [6.45, 7) is 9.45. The summed E-state index contributed by atoms with van der Waals surface area (Å²) in [5, 5.41) is 3.78. The smallest absolute Gasteiger partial charge is 0.145 e. The van der Waals surface area contributed by atoms with Gasteiger partial charge in [0.25, 0.3) is 0 Å². The summed E-state index contributed by atoms with van der Waals surface area (Å²) < 4.78 is 14.4. The van der Waals surface area contributed by atoms with Crippen molar-refractivity contribution < 1.29 is 4.39 Å². The summed E-state index contributed by atoms with van der Waals surface area (Å²) in [6, 6.07) is 5.39. The Morgan fingerprint density at radius 3 is 2.55 bits per heavy atom. The Morgan fingerprint density at radius 1 is 1.35 bits per heavy atom. The van der Waals surface area contributed by atoms with Gasteiger partial charge in [0.2, 0.25) is 0 Å². The van der Waals surface area contributed by atoms with Crippen molar-refractivity contribution in [2.24, 2.45) is 5.92 Å². The second-order valence-electron chi connectivity index (χ2n) is 7.17. The van der Waals surface area contributed by atoms with E-state index in [-0.39, 0.29) is 21.8 Å². The minimum Gasteiger partial charge on any atom is -0.311 e. The molecule has 1 N–H and O–H groups in total. The summed E-state index contributed by atoms with van der Waals surface area (Å²) in [7, 11) is 0. The van der Waals surface area contributed by atoms with Gasteiger partial charge in [0.15, 0.2) is 0 Å². The van der Waals surface area contributed by atoms with Crippen molar-refractivity contribution in [1.82, 2.24) is 5.32 Å². The third kappa shape index (κ3) is 3.17. The van der Waals surface area contributed by atoms with Gasteiger partial charge in [0.1, 0.15) is 5.82 Å². The highest BCUT2D eigenvalue weighted by Gasteiger charge is 2.46. The van der Waals surface area contributed by atoms with Gasteiger partial charge in [0, 0.05) is 17.5 Å². The van der Waals surface area contributed by atoms with E-state index < -0.39 is 0 Å². The number of hydrogen-bond donors (Lipinski definition) is 1. The molecule has 20 heavy (non-hydrogen) atoms. The molecule has 1 aliphatic carbocycles. The van der Waals surface area contributed by atoms with E-state index in [0.717, 1.165) is 24.9 Å². The van der Waals surface area contributed by atoms with Crippen LogP contribution in [0.3, 0.4) is 0 Å². The molecule has 1 nitrogen and oxygen atoms in total. The Bertz CT molecular complexity index is 472. The van der Waals surface area contributed by atoms with Crippen molar-refractivity contribution in [3.05, 3.63) is 34.6 Å². The van der Waals surface area contributed by atoms with E-state index in [1.165, 1.54) is 6.42 Å². The Kier molecular flexibility index (Phi) is 4.46. The van der Waals surface area contributed by atoms with E-state index in [1.807, 2.05) is 12.1 Å². The van der Waals surface area contributed by atoms with Crippen molar-refractivity contribution in [1.29, 1.82) is 0 Å². The summed E-state index contributed by atoms with van der Waals surface area (Å²) in [5.74, 6) is 0.467. The molecule has 112 valence electrons. The maximum absolute atomic E-state index is 14.4. The van der Waals surface area contributed by atoms with Crippen LogP contribution in [0, 0.1) is 11.7 Å². The monoisotopic (exact) mass is 297 g/mol. The van der Waals surface area contributed by atoms with E-state index in [1.54, 1.807) is 6.07 Å². The molecule has 0 aliphatic heterocycles. The minimum absolute atomic E-state index is 0.0410.